The van der Waals surface area contributed by atoms with E-state index in [2.05, 4.69) is 15.6 Å². The van der Waals surface area contributed by atoms with E-state index in [9.17, 15) is 17.6 Å². The van der Waals surface area contributed by atoms with Gasteiger partial charge in [-0.1, -0.05) is 19.6 Å². The fourth-order valence-corrected chi connectivity index (χ4v) is 4.50. The largest absolute Gasteiger partial charge is 0.416 e. The van der Waals surface area contributed by atoms with E-state index in [4.69, 9.17) is 4.98 Å². The van der Waals surface area contributed by atoms with Crippen LogP contribution in [0.4, 0.5) is 29.3 Å². The fourth-order valence-electron chi connectivity index (χ4n) is 4.50. The number of rotatable bonds is 7. The van der Waals surface area contributed by atoms with Gasteiger partial charge < -0.3 is 15.5 Å². The fraction of sp³-hybridized carbons (Fsp3) is 0.462. The van der Waals surface area contributed by atoms with E-state index in [-0.39, 0.29) is 20.0 Å². The van der Waals surface area contributed by atoms with Crippen molar-refractivity contribution in [1.82, 2.24) is 15.3 Å². The van der Waals surface area contributed by atoms with Crippen molar-refractivity contribution in [2.45, 2.75) is 51.9 Å². The van der Waals surface area contributed by atoms with E-state index in [0.717, 1.165) is 54.5 Å². The highest BCUT2D eigenvalue weighted by atomic mass is 19.4. The second-order valence-electron chi connectivity index (χ2n) is 9.12. The Morgan fingerprint density at radius 1 is 1.00 bits per heavy atom. The van der Waals surface area contributed by atoms with Gasteiger partial charge in [-0.15, -0.1) is 0 Å². The summed E-state index contributed by atoms with van der Waals surface area (Å²) in [5, 5.41) is 7.68. The van der Waals surface area contributed by atoms with Crippen LogP contribution in [0.3, 0.4) is 0 Å². The van der Waals surface area contributed by atoms with Gasteiger partial charge in [-0.25, -0.2) is 9.37 Å². The van der Waals surface area contributed by atoms with Crippen LogP contribution in [-0.2, 0) is 12.7 Å². The van der Waals surface area contributed by atoms with Gasteiger partial charge in [-0.05, 0) is 74.0 Å². The summed E-state index contributed by atoms with van der Waals surface area (Å²) in [6.45, 7) is 0.888. The van der Waals surface area contributed by atoms with Crippen LogP contribution >= 0.6 is 0 Å². The minimum atomic E-state index is -4.55. The number of hydrogen-bond acceptors (Lipinski definition) is 5. The van der Waals surface area contributed by atoms with Gasteiger partial charge in [0.2, 0.25) is 5.95 Å². The van der Waals surface area contributed by atoms with Gasteiger partial charge in [0.15, 0.2) is 0 Å². The maximum atomic E-state index is 13.6. The first-order chi connectivity index (χ1) is 16.2. The van der Waals surface area contributed by atoms with E-state index < -0.39 is 17.6 Å². The minimum absolute atomic E-state index is 0. The Labute approximate surface area is 204 Å². The molecule has 2 aromatic carbocycles. The molecule has 0 saturated heterocycles. The van der Waals surface area contributed by atoms with Crippen molar-refractivity contribution in [3.63, 3.8) is 0 Å². The highest BCUT2D eigenvalue weighted by Gasteiger charge is 2.31. The second-order valence-corrected chi connectivity index (χ2v) is 9.12. The van der Waals surface area contributed by atoms with Gasteiger partial charge >= 0.3 is 6.18 Å². The second kappa shape index (κ2) is 11.2. The minimum Gasteiger partial charge on any atom is -0.362 e. The van der Waals surface area contributed by atoms with Crippen LogP contribution in [0.25, 0.3) is 10.9 Å². The van der Waals surface area contributed by atoms with Crippen molar-refractivity contribution in [3.8, 4) is 0 Å². The number of halogens is 4. The zero-order valence-corrected chi connectivity index (χ0v) is 19.3. The highest BCUT2D eigenvalue weighted by molar-refractivity contribution is 5.90. The molecule has 5 nitrogen and oxygen atoms in total. The van der Waals surface area contributed by atoms with Crippen molar-refractivity contribution < 1.29 is 17.6 Å². The first kappa shape index (κ1) is 26.7. The maximum Gasteiger partial charge on any atom is 0.416 e. The summed E-state index contributed by atoms with van der Waals surface area (Å²) in [6, 6.07) is 10.9. The summed E-state index contributed by atoms with van der Waals surface area (Å²) in [4.78, 5) is 11.4. The molecule has 35 heavy (non-hydrogen) atoms. The van der Waals surface area contributed by atoms with Crippen LogP contribution in [0, 0.1) is 11.7 Å². The molecule has 0 amide bonds. The highest BCUT2D eigenvalue weighted by Crippen LogP contribution is 2.31. The number of benzene rings is 2. The van der Waals surface area contributed by atoms with Crippen LogP contribution in [0.1, 0.15) is 44.2 Å². The van der Waals surface area contributed by atoms with E-state index in [1.54, 1.807) is 0 Å². The summed E-state index contributed by atoms with van der Waals surface area (Å²) in [7, 11) is 3.93. The summed E-state index contributed by atoms with van der Waals surface area (Å²) in [5.74, 6) is 1.04. The average molecular weight is 492 g/mol. The lowest BCUT2D eigenvalue weighted by molar-refractivity contribution is -0.137. The lowest BCUT2D eigenvalue weighted by Crippen LogP contribution is -2.31. The molecule has 1 fully saturated rings. The average Bonchev–Trinajstić information content (AvgIpc) is 2.79. The van der Waals surface area contributed by atoms with Crippen LogP contribution < -0.4 is 15.5 Å². The molecule has 1 aliphatic rings. The standard InChI is InChI=1S/C25H29F4N5.CH4/c1-34(2)23-21-5-3-4-6-22(21)32-24(33-23)31-20-9-7-16(8-10-20)14-30-15-17-11-18(25(27,28)29)13-19(26)12-17;/h3-6,11-13,16,20,30H,7-10,14-15H2,1-2H3,(H,31,32,33);1H4. The van der Waals surface area contributed by atoms with Gasteiger partial charge in [0.05, 0.1) is 11.1 Å². The Morgan fingerprint density at radius 3 is 2.40 bits per heavy atom. The molecule has 0 radical (unpaired) electrons. The van der Waals surface area contributed by atoms with Crippen molar-refractivity contribution >= 4 is 22.7 Å². The van der Waals surface area contributed by atoms with Crippen molar-refractivity contribution in [2.75, 3.05) is 30.9 Å². The number of fused-ring (bicyclic) bond motifs is 1. The Hall–Kier alpha value is -2.94. The summed E-state index contributed by atoms with van der Waals surface area (Å²) >= 11 is 0. The quantitative estimate of drug-likeness (QED) is 0.383. The zero-order valence-electron chi connectivity index (χ0n) is 19.3. The van der Waals surface area contributed by atoms with Crippen LogP contribution in [-0.4, -0.2) is 36.6 Å². The first-order valence-corrected chi connectivity index (χ1v) is 11.5. The molecular weight excluding hydrogens is 458 g/mol. The summed E-state index contributed by atoms with van der Waals surface area (Å²) in [5.41, 5.74) is 0.240. The molecule has 9 heteroatoms. The predicted octanol–water partition coefficient (Wildman–Crippen LogP) is 6.25. The molecule has 0 aliphatic heterocycles. The number of para-hydroxylation sites is 1. The number of anilines is 2. The Bertz CT molecular complexity index is 1120. The molecular formula is C26H33F4N5. The Morgan fingerprint density at radius 2 is 1.71 bits per heavy atom. The molecule has 0 unspecified atom stereocenters. The summed E-state index contributed by atoms with van der Waals surface area (Å²) in [6.07, 6.45) is -0.675. The van der Waals surface area contributed by atoms with Crippen LogP contribution in [0.2, 0.25) is 0 Å². The molecule has 4 rings (SSSR count). The molecule has 3 aromatic rings. The predicted molar refractivity (Wildman–Crippen MR) is 133 cm³/mol. The van der Waals surface area contributed by atoms with E-state index in [1.165, 1.54) is 0 Å². The van der Waals surface area contributed by atoms with Crippen molar-refractivity contribution in [2.24, 2.45) is 5.92 Å². The third kappa shape index (κ3) is 6.81. The Balaban J connectivity index is 0.00000342. The third-order valence-corrected chi connectivity index (χ3v) is 6.23. The number of hydrogen-bond donors (Lipinski definition) is 2. The van der Waals surface area contributed by atoms with Gasteiger partial charge in [0.25, 0.3) is 0 Å². The normalized spacial score (nSPS) is 18.2. The number of nitrogens with zero attached hydrogens (tertiary/aromatic N) is 3. The molecule has 0 atom stereocenters. The third-order valence-electron chi connectivity index (χ3n) is 6.23. The van der Waals surface area contributed by atoms with E-state index in [1.807, 2.05) is 43.3 Å². The molecule has 2 N–H and O–H groups in total. The van der Waals surface area contributed by atoms with E-state index >= 15 is 0 Å². The topological polar surface area (TPSA) is 53.1 Å². The zero-order chi connectivity index (χ0) is 24.3. The van der Waals surface area contributed by atoms with Crippen LogP contribution in [0.15, 0.2) is 42.5 Å². The van der Waals surface area contributed by atoms with Gasteiger partial charge in [0.1, 0.15) is 11.6 Å². The van der Waals surface area contributed by atoms with Crippen molar-refractivity contribution in [3.05, 3.63) is 59.4 Å². The van der Waals surface area contributed by atoms with Gasteiger partial charge in [-0.3, -0.25) is 0 Å². The Kier molecular flexibility index (Phi) is 8.53. The number of nitrogens with one attached hydrogen (secondary N) is 2. The summed E-state index contributed by atoms with van der Waals surface area (Å²) < 4.78 is 52.2. The van der Waals surface area contributed by atoms with Gasteiger partial charge in [0, 0.05) is 32.1 Å². The smallest absolute Gasteiger partial charge is 0.362 e. The number of aromatic nitrogens is 2. The number of alkyl halides is 3. The lowest BCUT2D eigenvalue weighted by atomic mass is 9.86. The molecule has 1 saturated carbocycles. The molecule has 0 spiro atoms. The monoisotopic (exact) mass is 491 g/mol. The lowest BCUT2D eigenvalue weighted by Gasteiger charge is -2.29. The first-order valence-electron chi connectivity index (χ1n) is 11.5. The molecule has 1 aliphatic carbocycles. The van der Waals surface area contributed by atoms with Crippen molar-refractivity contribution in [1.29, 1.82) is 0 Å². The maximum absolute atomic E-state index is 13.6. The molecule has 190 valence electrons. The SMILES string of the molecule is C.CN(C)c1nc(NC2CCC(CNCc3cc(F)cc(C(F)(F)F)c3)CC2)nc2ccccc12. The molecule has 0 bridgehead atoms. The van der Waals surface area contributed by atoms with E-state index in [0.29, 0.717) is 30.0 Å². The van der Waals surface area contributed by atoms with Gasteiger partial charge in [-0.2, -0.15) is 18.2 Å². The molecule has 1 aromatic heterocycles. The molecule has 1 heterocycles. The van der Waals surface area contributed by atoms with Crippen LogP contribution in [0.5, 0.6) is 0 Å².